The van der Waals surface area contributed by atoms with E-state index in [1.165, 1.54) is 19.2 Å². The molecule has 0 aliphatic heterocycles. The molecule has 1 atom stereocenters. The van der Waals surface area contributed by atoms with Gasteiger partial charge in [-0.05, 0) is 11.6 Å². The number of rotatable bonds is 5. The van der Waals surface area contributed by atoms with Crippen molar-refractivity contribution in [1.82, 2.24) is 5.32 Å². The fraction of sp³-hybridized carbons (Fsp3) is 0.250. The van der Waals surface area contributed by atoms with Crippen LogP contribution in [0.1, 0.15) is 17.2 Å². The first-order valence-corrected chi connectivity index (χ1v) is 6.49. The Hall–Kier alpha value is -2.01. The molecular weight excluding hydrogens is 279 g/mol. The van der Waals surface area contributed by atoms with Crippen LogP contribution in [0.5, 0.6) is 5.75 Å². The topological polar surface area (TPSA) is 21.3 Å². The second-order valence-electron chi connectivity index (χ2n) is 4.58. The third-order valence-corrected chi connectivity index (χ3v) is 3.13. The lowest BCUT2D eigenvalue weighted by Gasteiger charge is -2.23. The summed E-state index contributed by atoms with van der Waals surface area (Å²) in [7, 11) is 1.36. The third kappa shape index (κ3) is 3.98. The van der Waals surface area contributed by atoms with Gasteiger partial charge in [0.15, 0.2) is 0 Å². The van der Waals surface area contributed by atoms with E-state index in [0.717, 1.165) is 5.56 Å². The maximum absolute atomic E-state index is 13.3. The Morgan fingerprint density at radius 2 is 1.62 bits per heavy atom. The molecule has 0 saturated heterocycles. The third-order valence-electron chi connectivity index (χ3n) is 3.13. The van der Waals surface area contributed by atoms with Gasteiger partial charge in [0, 0.05) is 12.1 Å². The fourth-order valence-corrected chi connectivity index (χ4v) is 2.12. The Morgan fingerprint density at radius 3 is 2.24 bits per heavy atom. The number of methoxy groups -OCH3 is 1. The van der Waals surface area contributed by atoms with Crippen LogP contribution in [0.15, 0.2) is 54.6 Å². The summed E-state index contributed by atoms with van der Waals surface area (Å²) < 4.78 is 45.0. The second-order valence-corrected chi connectivity index (χ2v) is 4.58. The van der Waals surface area contributed by atoms with Crippen LogP contribution in [0.3, 0.4) is 0 Å². The van der Waals surface area contributed by atoms with Crippen LogP contribution in [0.25, 0.3) is 0 Å². The molecule has 2 rings (SSSR count). The first-order chi connectivity index (χ1) is 10.0. The van der Waals surface area contributed by atoms with Gasteiger partial charge in [0.1, 0.15) is 11.8 Å². The average Bonchev–Trinajstić information content (AvgIpc) is 2.47. The van der Waals surface area contributed by atoms with E-state index in [9.17, 15) is 13.2 Å². The lowest BCUT2D eigenvalue weighted by atomic mass is 10.0. The van der Waals surface area contributed by atoms with Gasteiger partial charge in [0.25, 0.3) is 0 Å². The summed E-state index contributed by atoms with van der Waals surface area (Å²) in [5.74, 6) is 0.223. The van der Waals surface area contributed by atoms with E-state index in [1.807, 2.05) is 6.07 Å². The van der Waals surface area contributed by atoms with Crippen LogP contribution in [-0.2, 0) is 6.54 Å². The molecule has 0 saturated carbocycles. The summed E-state index contributed by atoms with van der Waals surface area (Å²) in [4.78, 5) is 0. The average molecular weight is 295 g/mol. The Morgan fingerprint density at radius 1 is 1.00 bits per heavy atom. The molecule has 0 spiro atoms. The first kappa shape index (κ1) is 15.4. The van der Waals surface area contributed by atoms with Crippen LogP contribution in [0.2, 0.25) is 0 Å². The number of para-hydroxylation sites is 1. The highest BCUT2D eigenvalue weighted by Crippen LogP contribution is 2.37. The molecule has 2 nitrogen and oxygen atoms in total. The number of hydrogen-bond donors (Lipinski definition) is 1. The van der Waals surface area contributed by atoms with Gasteiger partial charge in [-0.2, -0.15) is 13.2 Å². The predicted molar refractivity (Wildman–Crippen MR) is 75.1 cm³/mol. The highest BCUT2D eigenvalue weighted by molar-refractivity contribution is 5.36. The van der Waals surface area contributed by atoms with E-state index >= 15 is 0 Å². The van der Waals surface area contributed by atoms with Crippen molar-refractivity contribution in [3.05, 3.63) is 65.7 Å². The lowest BCUT2D eigenvalue weighted by molar-refractivity contribution is -0.158. The summed E-state index contributed by atoms with van der Waals surface area (Å²) in [6, 6.07) is 13.4. The Labute approximate surface area is 121 Å². The van der Waals surface area contributed by atoms with Crippen LogP contribution in [0, 0.1) is 0 Å². The zero-order chi connectivity index (χ0) is 15.3. The highest BCUT2D eigenvalue weighted by Gasteiger charge is 2.41. The van der Waals surface area contributed by atoms with Crippen molar-refractivity contribution >= 4 is 0 Å². The van der Waals surface area contributed by atoms with Gasteiger partial charge in [-0.15, -0.1) is 0 Å². The largest absolute Gasteiger partial charge is 0.496 e. The molecular formula is C16H16F3NO. The van der Waals surface area contributed by atoms with E-state index in [-0.39, 0.29) is 17.9 Å². The minimum absolute atomic E-state index is 0.0865. The lowest BCUT2D eigenvalue weighted by Crippen LogP contribution is -2.34. The maximum Gasteiger partial charge on any atom is 0.408 e. The second kappa shape index (κ2) is 6.63. The van der Waals surface area contributed by atoms with E-state index in [2.05, 4.69) is 5.32 Å². The van der Waals surface area contributed by atoms with Crippen molar-refractivity contribution in [2.24, 2.45) is 0 Å². The molecule has 2 aromatic carbocycles. The van der Waals surface area contributed by atoms with Gasteiger partial charge < -0.3 is 4.74 Å². The van der Waals surface area contributed by atoms with E-state index < -0.39 is 12.2 Å². The van der Waals surface area contributed by atoms with Crippen molar-refractivity contribution < 1.29 is 17.9 Å². The Kier molecular flexibility index (Phi) is 4.85. The van der Waals surface area contributed by atoms with Crippen molar-refractivity contribution in [3.63, 3.8) is 0 Å². The molecule has 0 aliphatic rings. The number of halogens is 3. The minimum Gasteiger partial charge on any atom is -0.496 e. The van der Waals surface area contributed by atoms with Crippen LogP contribution < -0.4 is 10.1 Å². The summed E-state index contributed by atoms with van der Waals surface area (Å²) >= 11 is 0. The normalized spacial score (nSPS) is 13.0. The minimum atomic E-state index is -4.40. The number of nitrogens with one attached hydrogen (secondary N) is 1. The quantitative estimate of drug-likeness (QED) is 0.897. The fourth-order valence-electron chi connectivity index (χ4n) is 2.12. The van der Waals surface area contributed by atoms with E-state index in [0.29, 0.717) is 0 Å². The molecule has 0 amide bonds. The predicted octanol–water partition coefficient (Wildman–Crippen LogP) is 4.09. The molecule has 2 aromatic rings. The molecule has 112 valence electrons. The maximum atomic E-state index is 13.3. The monoisotopic (exact) mass is 295 g/mol. The summed E-state index contributed by atoms with van der Waals surface area (Å²) in [5, 5.41) is 2.56. The van der Waals surface area contributed by atoms with Gasteiger partial charge in [0.2, 0.25) is 0 Å². The van der Waals surface area contributed by atoms with Crippen molar-refractivity contribution in [2.75, 3.05) is 7.11 Å². The number of alkyl halides is 3. The molecule has 0 fully saturated rings. The molecule has 0 bridgehead atoms. The molecule has 0 radical (unpaired) electrons. The smallest absolute Gasteiger partial charge is 0.408 e. The summed E-state index contributed by atoms with van der Waals surface area (Å²) in [6.07, 6.45) is -4.40. The zero-order valence-electron chi connectivity index (χ0n) is 11.5. The van der Waals surface area contributed by atoms with E-state index in [4.69, 9.17) is 4.74 Å². The Balaban J connectivity index is 2.23. The molecule has 0 heterocycles. The van der Waals surface area contributed by atoms with Crippen LogP contribution >= 0.6 is 0 Å². The molecule has 5 heteroatoms. The number of hydrogen-bond acceptors (Lipinski definition) is 2. The van der Waals surface area contributed by atoms with Crippen LogP contribution in [-0.4, -0.2) is 13.3 Å². The van der Waals surface area contributed by atoms with Gasteiger partial charge in [-0.25, -0.2) is 0 Å². The van der Waals surface area contributed by atoms with Crippen molar-refractivity contribution in [3.8, 4) is 5.75 Å². The molecule has 1 N–H and O–H groups in total. The zero-order valence-corrected chi connectivity index (χ0v) is 11.5. The van der Waals surface area contributed by atoms with Crippen molar-refractivity contribution in [1.29, 1.82) is 0 Å². The first-order valence-electron chi connectivity index (χ1n) is 6.49. The van der Waals surface area contributed by atoms with Crippen LogP contribution in [0.4, 0.5) is 13.2 Å². The molecule has 21 heavy (non-hydrogen) atoms. The van der Waals surface area contributed by atoms with Crippen molar-refractivity contribution in [2.45, 2.75) is 18.8 Å². The molecule has 0 aliphatic carbocycles. The van der Waals surface area contributed by atoms with Gasteiger partial charge in [-0.3, -0.25) is 5.32 Å². The highest BCUT2D eigenvalue weighted by atomic mass is 19.4. The van der Waals surface area contributed by atoms with Gasteiger partial charge in [0.05, 0.1) is 7.11 Å². The Bertz CT molecular complexity index is 569. The number of ether oxygens (including phenoxy) is 1. The summed E-state index contributed by atoms with van der Waals surface area (Å²) in [5.41, 5.74) is 0.880. The molecule has 1 unspecified atom stereocenters. The number of benzene rings is 2. The summed E-state index contributed by atoms with van der Waals surface area (Å²) in [6.45, 7) is 0.128. The SMILES string of the molecule is COc1ccccc1C(NCc1ccccc1)C(F)(F)F. The molecule has 0 aromatic heterocycles. The standard InChI is InChI=1S/C16H16F3NO/c1-21-14-10-6-5-9-13(14)15(16(17,18)19)20-11-12-7-3-2-4-8-12/h2-10,15,20H,11H2,1H3. The van der Waals surface area contributed by atoms with Gasteiger partial charge in [-0.1, -0.05) is 48.5 Å². The van der Waals surface area contributed by atoms with Gasteiger partial charge >= 0.3 is 6.18 Å². The van der Waals surface area contributed by atoms with E-state index in [1.54, 1.807) is 36.4 Å².